The number of aromatic nitrogens is 2. The first-order chi connectivity index (χ1) is 6.75. The van der Waals surface area contributed by atoms with Crippen LogP contribution in [0.3, 0.4) is 0 Å². The lowest BCUT2D eigenvalue weighted by Crippen LogP contribution is -2.28. The Hall–Kier alpha value is -2.04. The zero-order valence-electron chi connectivity index (χ0n) is 7.47. The molecule has 2 amide bonds. The van der Waals surface area contributed by atoms with Crippen LogP contribution in [-0.2, 0) is 6.54 Å². The average molecular weight is 190 g/mol. The van der Waals surface area contributed by atoms with Crippen molar-refractivity contribution in [2.24, 2.45) is 5.73 Å². The van der Waals surface area contributed by atoms with Gasteiger partial charge in [0, 0.05) is 25.1 Å². The van der Waals surface area contributed by atoms with Crippen molar-refractivity contribution in [3.8, 4) is 0 Å². The van der Waals surface area contributed by atoms with Crippen LogP contribution in [-0.4, -0.2) is 15.4 Å². The Morgan fingerprint density at radius 2 is 2.43 bits per heavy atom. The third kappa shape index (κ3) is 1.66. The molecule has 5 nitrogen and oxygen atoms in total. The third-order valence-corrected chi connectivity index (χ3v) is 1.92. The van der Waals surface area contributed by atoms with Crippen molar-refractivity contribution < 1.29 is 4.79 Å². The number of nitrogens with one attached hydrogen (secondary N) is 1. The second-order valence-corrected chi connectivity index (χ2v) is 2.95. The standard InChI is InChI=1S/C9H10N4O/c10-9(14)12-5-7-1-2-8-11-3-4-13(8)6-7/h1-4,6H,5H2,(H3,10,12,14). The molecule has 0 radical (unpaired) electrons. The SMILES string of the molecule is NC(=O)NCc1ccc2nccn2c1. The Balaban J connectivity index is 2.21. The minimum absolute atomic E-state index is 0.434. The van der Waals surface area contributed by atoms with Gasteiger partial charge < -0.3 is 15.5 Å². The van der Waals surface area contributed by atoms with Crippen molar-refractivity contribution >= 4 is 11.7 Å². The van der Waals surface area contributed by atoms with E-state index in [0.717, 1.165) is 11.2 Å². The molecule has 0 aliphatic carbocycles. The largest absolute Gasteiger partial charge is 0.352 e. The lowest BCUT2D eigenvalue weighted by molar-refractivity contribution is 0.248. The van der Waals surface area contributed by atoms with Gasteiger partial charge in [-0.25, -0.2) is 9.78 Å². The summed E-state index contributed by atoms with van der Waals surface area (Å²) in [6.07, 6.45) is 5.47. The van der Waals surface area contributed by atoms with E-state index in [-0.39, 0.29) is 0 Å². The number of amides is 2. The van der Waals surface area contributed by atoms with E-state index in [1.807, 2.05) is 28.9 Å². The van der Waals surface area contributed by atoms with E-state index in [4.69, 9.17) is 5.73 Å². The molecule has 2 heterocycles. The molecule has 0 aromatic carbocycles. The lowest BCUT2D eigenvalue weighted by Gasteiger charge is -2.02. The number of carbonyl (C=O) groups excluding carboxylic acids is 1. The zero-order valence-corrected chi connectivity index (χ0v) is 7.47. The number of fused-ring (bicyclic) bond motifs is 1. The molecule has 0 aliphatic rings. The Bertz CT molecular complexity index is 463. The van der Waals surface area contributed by atoms with Crippen molar-refractivity contribution in [2.45, 2.75) is 6.54 Å². The first kappa shape index (κ1) is 8.55. The smallest absolute Gasteiger partial charge is 0.312 e. The molecule has 0 atom stereocenters. The average Bonchev–Trinajstić information content (AvgIpc) is 2.61. The second kappa shape index (κ2) is 3.37. The number of carbonyl (C=O) groups is 1. The predicted octanol–water partition coefficient (Wildman–Crippen LogP) is 0.503. The van der Waals surface area contributed by atoms with Crippen molar-refractivity contribution in [3.63, 3.8) is 0 Å². The fourth-order valence-electron chi connectivity index (χ4n) is 1.26. The van der Waals surface area contributed by atoms with Gasteiger partial charge in [-0.1, -0.05) is 6.07 Å². The molecule has 3 N–H and O–H groups in total. The number of primary amides is 1. The molecule has 2 aromatic rings. The Kier molecular flexibility index (Phi) is 2.06. The molecule has 0 unspecified atom stereocenters. The van der Waals surface area contributed by atoms with Crippen LogP contribution in [0.15, 0.2) is 30.7 Å². The Morgan fingerprint density at radius 1 is 1.57 bits per heavy atom. The fourth-order valence-corrected chi connectivity index (χ4v) is 1.26. The summed E-state index contributed by atoms with van der Waals surface area (Å²) in [6.45, 7) is 0.434. The van der Waals surface area contributed by atoms with Gasteiger partial charge in [0.25, 0.3) is 0 Å². The molecule has 5 heteroatoms. The lowest BCUT2D eigenvalue weighted by atomic mass is 10.3. The van der Waals surface area contributed by atoms with Crippen LogP contribution in [0.25, 0.3) is 5.65 Å². The van der Waals surface area contributed by atoms with Gasteiger partial charge in [-0.05, 0) is 11.6 Å². The van der Waals surface area contributed by atoms with Crippen molar-refractivity contribution in [3.05, 3.63) is 36.3 Å². The number of imidazole rings is 1. The molecular formula is C9H10N4O. The normalized spacial score (nSPS) is 10.3. The van der Waals surface area contributed by atoms with Gasteiger partial charge in [0.2, 0.25) is 0 Å². The highest BCUT2D eigenvalue weighted by molar-refractivity contribution is 5.71. The molecule has 0 fully saturated rings. The topological polar surface area (TPSA) is 72.4 Å². The van der Waals surface area contributed by atoms with Crippen molar-refractivity contribution in [2.75, 3.05) is 0 Å². The summed E-state index contributed by atoms with van der Waals surface area (Å²) in [4.78, 5) is 14.6. The highest BCUT2D eigenvalue weighted by Gasteiger charge is 1.97. The summed E-state index contributed by atoms with van der Waals surface area (Å²) < 4.78 is 1.89. The zero-order chi connectivity index (χ0) is 9.97. The first-order valence-corrected chi connectivity index (χ1v) is 4.20. The molecule has 0 aliphatic heterocycles. The van der Waals surface area contributed by atoms with Gasteiger partial charge >= 0.3 is 6.03 Å². The number of nitrogens with zero attached hydrogens (tertiary/aromatic N) is 2. The van der Waals surface area contributed by atoms with Crippen LogP contribution in [0.2, 0.25) is 0 Å². The summed E-state index contributed by atoms with van der Waals surface area (Å²) in [5.41, 5.74) is 6.83. The molecule has 14 heavy (non-hydrogen) atoms. The van der Waals surface area contributed by atoms with E-state index >= 15 is 0 Å². The molecule has 0 bridgehead atoms. The van der Waals surface area contributed by atoms with Crippen LogP contribution < -0.4 is 11.1 Å². The molecule has 0 saturated heterocycles. The molecular weight excluding hydrogens is 180 g/mol. The number of urea groups is 1. The van der Waals surface area contributed by atoms with E-state index in [1.165, 1.54) is 0 Å². The van der Waals surface area contributed by atoms with Gasteiger partial charge in [-0.3, -0.25) is 0 Å². The number of nitrogens with two attached hydrogens (primary N) is 1. The molecule has 0 spiro atoms. The third-order valence-electron chi connectivity index (χ3n) is 1.92. The van der Waals surface area contributed by atoms with Crippen LogP contribution in [0.1, 0.15) is 5.56 Å². The highest BCUT2D eigenvalue weighted by atomic mass is 16.2. The summed E-state index contributed by atoms with van der Waals surface area (Å²) in [5, 5.41) is 2.52. The van der Waals surface area contributed by atoms with Gasteiger partial charge in [0.1, 0.15) is 5.65 Å². The van der Waals surface area contributed by atoms with E-state index in [2.05, 4.69) is 10.3 Å². The summed E-state index contributed by atoms with van der Waals surface area (Å²) in [5.74, 6) is 0. The van der Waals surface area contributed by atoms with Crippen LogP contribution >= 0.6 is 0 Å². The minimum Gasteiger partial charge on any atom is -0.352 e. The highest BCUT2D eigenvalue weighted by Crippen LogP contribution is 2.03. The summed E-state index contributed by atoms with van der Waals surface area (Å²) in [7, 11) is 0. The Labute approximate surface area is 80.6 Å². The summed E-state index contributed by atoms with van der Waals surface area (Å²) in [6, 6.07) is 3.27. The number of hydrogen-bond acceptors (Lipinski definition) is 2. The maximum atomic E-state index is 10.5. The van der Waals surface area contributed by atoms with E-state index < -0.39 is 6.03 Å². The number of pyridine rings is 1. The molecule has 2 aromatic heterocycles. The van der Waals surface area contributed by atoms with Crippen LogP contribution in [0.4, 0.5) is 4.79 Å². The van der Waals surface area contributed by atoms with Gasteiger partial charge in [-0.15, -0.1) is 0 Å². The maximum Gasteiger partial charge on any atom is 0.312 e. The maximum absolute atomic E-state index is 10.5. The van der Waals surface area contributed by atoms with Gasteiger partial charge in [-0.2, -0.15) is 0 Å². The van der Waals surface area contributed by atoms with E-state index in [1.54, 1.807) is 6.20 Å². The monoisotopic (exact) mass is 190 g/mol. The number of rotatable bonds is 2. The van der Waals surface area contributed by atoms with Gasteiger partial charge in [0.05, 0.1) is 0 Å². The minimum atomic E-state index is -0.518. The molecule has 72 valence electrons. The van der Waals surface area contributed by atoms with Crippen molar-refractivity contribution in [1.82, 2.24) is 14.7 Å². The summed E-state index contributed by atoms with van der Waals surface area (Å²) >= 11 is 0. The van der Waals surface area contributed by atoms with Gasteiger partial charge in [0.15, 0.2) is 0 Å². The van der Waals surface area contributed by atoms with E-state index in [0.29, 0.717) is 6.54 Å². The van der Waals surface area contributed by atoms with E-state index in [9.17, 15) is 4.79 Å². The fraction of sp³-hybridized carbons (Fsp3) is 0.111. The predicted molar refractivity (Wildman–Crippen MR) is 51.6 cm³/mol. The van der Waals surface area contributed by atoms with Crippen molar-refractivity contribution in [1.29, 1.82) is 0 Å². The Morgan fingerprint density at radius 3 is 3.21 bits per heavy atom. The molecule has 0 saturated carbocycles. The van der Waals surface area contributed by atoms with Crippen LogP contribution in [0.5, 0.6) is 0 Å². The molecule has 2 rings (SSSR count). The van der Waals surface area contributed by atoms with Crippen LogP contribution in [0, 0.1) is 0 Å². The first-order valence-electron chi connectivity index (χ1n) is 4.20. The quantitative estimate of drug-likeness (QED) is 0.723. The second-order valence-electron chi connectivity index (χ2n) is 2.95. The number of hydrogen-bond donors (Lipinski definition) is 2.